The second kappa shape index (κ2) is 7.73. The van der Waals surface area contributed by atoms with Crippen LogP contribution in [-0.2, 0) is 4.74 Å². The van der Waals surface area contributed by atoms with Gasteiger partial charge in [-0.15, -0.1) is 0 Å². The van der Waals surface area contributed by atoms with E-state index in [1.165, 1.54) is 19.3 Å². The average Bonchev–Trinajstić information content (AvgIpc) is 3.10. The molecular weight excluding hydrogens is 338 g/mol. The van der Waals surface area contributed by atoms with Crippen molar-refractivity contribution in [3.05, 3.63) is 54.1 Å². The number of carbonyl (C=O) groups excluding carboxylic acids is 1. The molecule has 27 heavy (non-hydrogen) atoms. The minimum atomic E-state index is -0.0267. The molecule has 0 unspecified atom stereocenters. The normalized spacial score (nSPS) is 21.1. The lowest BCUT2D eigenvalue weighted by Gasteiger charge is -2.32. The first-order valence-corrected chi connectivity index (χ1v) is 9.87. The Kier molecular flexibility index (Phi) is 5.17. The second-order valence-corrected chi connectivity index (χ2v) is 7.74. The molecule has 4 heteroatoms. The minimum Gasteiger partial charge on any atom is -0.497 e. The predicted molar refractivity (Wildman–Crippen MR) is 106 cm³/mol. The molecule has 1 saturated carbocycles. The molecular formula is C23H27NO3. The Balaban J connectivity index is 1.45. The molecule has 0 radical (unpaired) electrons. The molecule has 0 bridgehead atoms. The highest BCUT2D eigenvalue weighted by atomic mass is 16.5. The first kappa shape index (κ1) is 18.1. The summed E-state index contributed by atoms with van der Waals surface area (Å²) in [5, 5.41) is 3.18. The third kappa shape index (κ3) is 4.01. The van der Waals surface area contributed by atoms with Crippen LogP contribution in [-0.4, -0.2) is 31.3 Å². The average molecular weight is 365 g/mol. The largest absolute Gasteiger partial charge is 0.497 e. The summed E-state index contributed by atoms with van der Waals surface area (Å²) >= 11 is 0. The molecule has 1 spiro atoms. The number of carbonyl (C=O) groups is 1. The molecule has 2 aromatic carbocycles. The molecule has 1 N–H and O–H groups in total. The topological polar surface area (TPSA) is 47.6 Å². The fourth-order valence-corrected chi connectivity index (χ4v) is 4.39. The zero-order valence-corrected chi connectivity index (χ0v) is 15.9. The Labute approximate surface area is 160 Å². The highest BCUT2D eigenvalue weighted by Crippen LogP contribution is 2.39. The van der Waals surface area contributed by atoms with Crippen LogP contribution in [0.3, 0.4) is 0 Å². The number of nitrogens with one attached hydrogen (secondary N) is 1. The third-order valence-electron chi connectivity index (χ3n) is 5.84. The van der Waals surface area contributed by atoms with Crippen LogP contribution in [0.25, 0.3) is 11.1 Å². The summed E-state index contributed by atoms with van der Waals surface area (Å²) < 4.78 is 11.4. The fourth-order valence-electron chi connectivity index (χ4n) is 4.39. The molecule has 4 nitrogen and oxygen atoms in total. The molecule has 2 fully saturated rings. The van der Waals surface area contributed by atoms with Gasteiger partial charge in [0, 0.05) is 5.56 Å². The van der Waals surface area contributed by atoms with Gasteiger partial charge in [0.2, 0.25) is 0 Å². The van der Waals surface area contributed by atoms with Gasteiger partial charge in [0.15, 0.2) is 0 Å². The van der Waals surface area contributed by atoms with Crippen molar-refractivity contribution in [2.24, 2.45) is 0 Å². The van der Waals surface area contributed by atoms with Gasteiger partial charge in [-0.05, 0) is 54.7 Å². The Morgan fingerprint density at radius 3 is 2.59 bits per heavy atom. The minimum absolute atomic E-state index is 0.0125. The van der Waals surface area contributed by atoms with Gasteiger partial charge < -0.3 is 14.8 Å². The number of ether oxygens (including phenoxy) is 2. The summed E-state index contributed by atoms with van der Waals surface area (Å²) in [6.45, 7) is 0.626. The maximum atomic E-state index is 12.8. The van der Waals surface area contributed by atoms with Crippen LogP contribution >= 0.6 is 0 Å². The first-order valence-electron chi connectivity index (χ1n) is 9.87. The van der Waals surface area contributed by atoms with Crippen molar-refractivity contribution in [2.75, 3.05) is 13.7 Å². The van der Waals surface area contributed by atoms with Crippen LogP contribution in [0.5, 0.6) is 5.75 Å². The monoisotopic (exact) mass is 365 g/mol. The summed E-state index contributed by atoms with van der Waals surface area (Å²) in [6.07, 6.45) is 6.98. The van der Waals surface area contributed by atoms with Gasteiger partial charge in [-0.25, -0.2) is 0 Å². The van der Waals surface area contributed by atoms with Crippen molar-refractivity contribution >= 4 is 5.91 Å². The lowest BCUT2D eigenvalue weighted by Crippen LogP contribution is -2.37. The lowest BCUT2D eigenvalue weighted by molar-refractivity contribution is -0.0246. The van der Waals surface area contributed by atoms with E-state index in [0.29, 0.717) is 12.2 Å². The van der Waals surface area contributed by atoms with Gasteiger partial charge in [-0.3, -0.25) is 4.79 Å². The van der Waals surface area contributed by atoms with Gasteiger partial charge in [0.1, 0.15) is 5.75 Å². The summed E-state index contributed by atoms with van der Waals surface area (Å²) in [5.41, 5.74) is 2.74. The van der Waals surface area contributed by atoms with Gasteiger partial charge in [0.05, 0.1) is 25.4 Å². The van der Waals surface area contributed by atoms with E-state index in [9.17, 15) is 4.79 Å². The van der Waals surface area contributed by atoms with Crippen LogP contribution in [0.4, 0.5) is 0 Å². The van der Waals surface area contributed by atoms with E-state index >= 15 is 0 Å². The molecule has 1 aliphatic carbocycles. The number of hydrogen-bond donors (Lipinski definition) is 1. The van der Waals surface area contributed by atoms with Gasteiger partial charge in [-0.1, -0.05) is 43.5 Å². The van der Waals surface area contributed by atoms with E-state index in [1.807, 2.05) is 48.5 Å². The zero-order chi connectivity index (χ0) is 18.7. The molecule has 142 valence electrons. The van der Waals surface area contributed by atoms with Crippen molar-refractivity contribution in [1.82, 2.24) is 5.32 Å². The molecule has 1 heterocycles. The summed E-state index contributed by atoms with van der Waals surface area (Å²) in [4.78, 5) is 12.8. The quantitative estimate of drug-likeness (QED) is 0.862. The first-order chi connectivity index (χ1) is 13.2. The van der Waals surface area contributed by atoms with E-state index in [-0.39, 0.29) is 17.6 Å². The Bertz CT molecular complexity index is 811. The highest BCUT2D eigenvalue weighted by Gasteiger charge is 2.41. The van der Waals surface area contributed by atoms with Gasteiger partial charge >= 0.3 is 0 Å². The summed E-state index contributed by atoms with van der Waals surface area (Å²) in [6, 6.07) is 15.7. The van der Waals surface area contributed by atoms with E-state index in [2.05, 4.69) is 5.32 Å². The SMILES string of the molecule is COc1cccc(-c2cccc(C(=O)N[C@H]3COC4(CCCCC4)C3)c2)c1. The molecule has 1 saturated heterocycles. The predicted octanol–water partition coefficient (Wildman–Crippen LogP) is 4.58. The Morgan fingerprint density at radius 2 is 1.81 bits per heavy atom. The van der Waals surface area contributed by atoms with Crippen LogP contribution in [0.2, 0.25) is 0 Å². The van der Waals surface area contributed by atoms with E-state index in [1.54, 1.807) is 7.11 Å². The van der Waals surface area contributed by atoms with Crippen molar-refractivity contribution in [2.45, 2.75) is 50.2 Å². The molecule has 1 atom stereocenters. The molecule has 1 amide bonds. The highest BCUT2D eigenvalue weighted by molar-refractivity contribution is 5.95. The van der Waals surface area contributed by atoms with Gasteiger partial charge in [-0.2, -0.15) is 0 Å². The number of hydrogen-bond acceptors (Lipinski definition) is 3. The molecule has 2 aromatic rings. The Hall–Kier alpha value is -2.33. The zero-order valence-electron chi connectivity index (χ0n) is 15.9. The van der Waals surface area contributed by atoms with Crippen molar-refractivity contribution in [3.8, 4) is 16.9 Å². The fraction of sp³-hybridized carbons (Fsp3) is 0.435. The maximum Gasteiger partial charge on any atom is 0.251 e. The standard InChI is InChI=1S/C23H27NO3/c1-26-21-10-6-8-18(14-21)17-7-5-9-19(13-17)22(25)24-20-15-23(27-16-20)11-3-2-4-12-23/h5-10,13-14,20H,2-4,11-12,15-16H2,1H3,(H,24,25)/t20-/m1/s1. The van der Waals surface area contributed by atoms with Crippen LogP contribution in [0.1, 0.15) is 48.9 Å². The van der Waals surface area contributed by atoms with Crippen LogP contribution in [0, 0.1) is 0 Å². The maximum absolute atomic E-state index is 12.8. The third-order valence-corrected chi connectivity index (χ3v) is 5.84. The van der Waals surface area contributed by atoms with Crippen molar-refractivity contribution in [1.29, 1.82) is 0 Å². The second-order valence-electron chi connectivity index (χ2n) is 7.74. The summed E-state index contributed by atoms with van der Waals surface area (Å²) in [7, 11) is 1.66. The van der Waals surface area contributed by atoms with Crippen molar-refractivity contribution < 1.29 is 14.3 Å². The molecule has 1 aliphatic heterocycles. The number of methoxy groups -OCH3 is 1. The number of rotatable bonds is 4. The van der Waals surface area contributed by atoms with E-state index in [0.717, 1.165) is 36.1 Å². The molecule has 2 aliphatic rings. The van der Waals surface area contributed by atoms with Crippen LogP contribution in [0.15, 0.2) is 48.5 Å². The Morgan fingerprint density at radius 1 is 1.07 bits per heavy atom. The number of benzene rings is 2. The van der Waals surface area contributed by atoms with Crippen molar-refractivity contribution in [3.63, 3.8) is 0 Å². The van der Waals surface area contributed by atoms with Gasteiger partial charge in [0.25, 0.3) is 5.91 Å². The van der Waals surface area contributed by atoms with E-state index in [4.69, 9.17) is 9.47 Å². The smallest absolute Gasteiger partial charge is 0.251 e. The molecule has 0 aromatic heterocycles. The number of amides is 1. The van der Waals surface area contributed by atoms with E-state index < -0.39 is 0 Å². The lowest BCUT2D eigenvalue weighted by atomic mass is 9.82. The van der Waals surface area contributed by atoms with Crippen LogP contribution < -0.4 is 10.1 Å². The molecule has 4 rings (SSSR count). The summed E-state index contributed by atoms with van der Waals surface area (Å²) in [5.74, 6) is 0.782.